The highest BCUT2D eigenvalue weighted by Crippen LogP contribution is 2.22. The highest BCUT2D eigenvalue weighted by Gasteiger charge is 2.26. The van der Waals surface area contributed by atoms with E-state index in [1.54, 1.807) is 17.0 Å². The Hall–Kier alpha value is -0.420. The zero-order valence-electron chi connectivity index (χ0n) is 9.13. The van der Waals surface area contributed by atoms with Gasteiger partial charge in [-0.15, -0.1) is 0 Å². The van der Waals surface area contributed by atoms with Gasteiger partial charge in [-0.3, -0.25) is 4.79 Å². The van der Waals surface area contributed by atoms with Crippen molar-refractivity contribution >= 4 is 37.8 Å². The van der Waals surface area contributed by atoms with Crippen LogP contribution in [0.5, 0.6) is 0 Å². The van der Waals surface area contributed by atoms with Crippen LogP contribution < -0.4 is 0 Å². The Kier molecular flexibility index (Phi) is 4.20. The Morgan fingerprint density at radius 3 is 2.88 bits per heavy atom. The number of amides is 1. The second-order valence-electron chi connectivity index (χ2n) is 4.19. The fourth-order valence-corrected chi connectivity index (χ4v) is 2.73. The summed E-state index contributed by atoms with van der Waals surface area (Å²) in [6.07, 6.45) is 1.01. The van der Waals surface area contributed by atoms with Gasteiger partial charge in [0.05, 0.1) is 4.47 Å². The SMILES string of the molecule is O=C(c1ccc(Br)c(F)c1)N1CCC(CBr)C1. The molecule has 0 aliphatic carbocycles. The molecular formula is C12H12Br2FNO. The van der Waals surface area contributed by atoms with Crippen LogP contribution in [0.4, 0.5) is 4.39 Å². The summed E-state index contributed by atoms with van der Waals surface area (Å²) in [6.45, 7) is 1.51. The minimum atomic E-state index is -0.396. The number of rotatable bonds is 2. The lowest BCUT2D eigenvalue weighted by Gasteiger charge is -2.16. The first-order valence-corrected chi connectivity index (χ1v) is 7.33. The van der Waals surface area contributed by atoms with Gasteiger partial charge in [0.15, 0.2) is 0 Å². The third kappa shape index (κ3) is 2.88. The molecule has 0 bridgehead atoms. The van der Waals surface area contributed by atoms with E-state index in [1.165, 1.54) is 6.07 Å². The van der Waals surface area contributed by atoms with Crippen molar-refractivity contribution in [3.05, 3.63) is 34.1 Å². The third-order valence-corrected chi connectivity index (χ3v) is 4.52. The van der Waals surface area contributed by atoms with Gasteiger partial charge in [0.2, 0.25) is 0 Å². The Morgan fingerprint density at radius 1 is 1.53 bits per heavy atom. The van der Waals surface area contributed by atoms with Crippen LogP contribution in [0.2, 0.25) is 0 Å². The van der Waals surface area contributed by atoms with Crippen LogP contribution in [0, 0.1) is 11.7 Å². The summed E-state index contributed by atoms with van der Waals surface area (Å²) in [4.78, 5) is 13.9. The molecule has 1 fully saturated rings. The maximum absolute atomic E-state index is 13.3. The quantitative estimate of drug-likeness (QED) is 0.736. The topological polar surface area (TPSA) is 20.3 Å². The number of halogens is 3. The summed E-state index contributed by atoms with van der Waals surface area (Å²) in [5.41, 5.74) is 0.418. The summed E-state index contributed by atoms with van der Waals surface area (Å²) in [7, 11) is 0. The molecule has 1 aliphatic heterocycles. The number of likely N-dealkylation sites (tertiary alicyclic amines) is 1. The fraction of sp³-hybridized carbons (Fsp3) is 0.417. The zero-order valence-corrected chi connectivity index (χ0v) is 12.3. The molecule has 0 saturated carbocycles. The lowest BCUT2D eigenvalue weighted by molar-refractivity contribution is 0.0788. The van der Waals surface area contributed by atoms with Gasteiger partial charge >= 0.3 is 0 Å². The second kappa shape index (κ2) is 5.48. The van der Waals surface area contributed by atoms with E-state index in [9.17, 15) is 9.18 Å². The maximum atomic E-state index is 13.3. The molecule has 1 aromatic rings. The van der Waals surface area contributed by atoms with Crippen LogP contribution in [0.15, 0.2) is 22.7 Å². The van der Waals surface area contributed by atoms with E-state index in [0.717, 1.165) is 24.8 Å². The predicted octanol–water partition coefficient (Wildman–Crippen LogP) is 3.45. The molecule has 5 heteroatoms. The lowest BCUT2D eigenvalue weighted by atomic mass is 10.2. The van der Waals surface area contributed by atoms with E-state index < -0.39 is 5.82 Å². The zero-order chi connectivity index (χ0) is 12.4. The van der Waals surface area contributed by atoms with Crippen molar-refractivity contribution in [2.24, 2.45) is 5.92 Å². The predicted molar refractivity (Wildman–Crippen MR) is 71.9 cm³/mol. The third-order valence-electron chi connectivity index (χ3n) is 2.96. The summed E-state index contributed by atoms with van der Waals surface area (Å²) >= 11 is 6.50. The van der Waals surface area contributed by atoms with E-state index >= 15 is 0 Å². The highest BCUT2D eigenvalue weighted by molar-refractivity contribution is 9.10. The molecule has 2 rings (SSSR count). The summed E-state index contributed by atoms with van der Waals surface area (Å²) in [6, 6.07) is 4.51. The van der Waals surface area contributed by atoms with Crippen LogP contribution in [-0.4, -0.2) is 29.2 Å². The molecule has 1 atom stereocenters. The van der Waals surface area contributed by atoms with Crippen LogP contribution in [0.25, 0.3) is 0 Å². The van der Waals surface area contributed by atoms with Crippen molar-refractivity contribution in [1.82, 2.24) is 4.90 Å². The monoisotopic (exact) mass is 363 g/mol. The van der Waals surface area contributed by atoms with Gasteiger partial charge in [0.25, 0.3) is 5.91 Å². The van der Waals surface area contributed by atoms with Gasteiger partial charge in [-0.05, 0) is 46.5 Å². The maximum Gasteiger partial charge on any atom is 0.253 e. The number of hydrogen-bond acceptors (Lipinski definition) is 1. The van der Waals surface area contributed by atoms with Crippen LogP contribution in [0.3, 0.4) is 0 Å². The van der Waals surface area contributed by atoms with Crippen molar-refractivity contribution < 1.29 is 9.18 Å². The van der Waals surface area contributed by atoms with Gasteiger partial charge in [-0.25, -0.2) is 4.39 Å². The standard InChI is InChI=1S/C12H12Br2FNO/c13-6-8-3-4-16(7-8)12(17)9-1-2-10(14)11(15)5-9/h1-2,5,8H,3-4,6-7H2. The Morgan fingerprint density at radius 2 is 2.29 bits per heavy atom. The molecule has 1 aliphatic rings. The molecule has 2 nitrogen and oxygen atoms in total. The number of carbonyl (C=O) groups is 1. The molecule has 0 N–H and O–H groups in total. The molecular weight excluding hydrogens is 353 g/mol. The summed E-state index contributed by atoms with van der Waals surface area (Å²) in [5, 5.41) is 0.908. The normalized spacial score (nSPS) is 19.7. The molecule has 1 unspecified atom stereocenters. The fourth-order valence-electron chi connectivity index (χ4n) is 1.95. The molecule has 0 spiro atoms. The van der Waals surface area contributed by atoms with Crippen molar-refractivity contribution in [1.29, 1.82) is 0 Å². The van der Waals surface area contributed by atoms with Gasteiger partial charge in [-0.2, -0.15) is 0 Å². The highest BCUT2D eigenvalue weighted by atomic mass is 79.9. The van der Waals surface area contributed by atoms with E-state index in [-0.39, 0.29) is 5.91 Å². The Labute approximate surface area is 116 Å². The number of nitrogens with zero attached hydrogens (tertiary/aromatic N) is 1. The van der Waals surface area contributed by atoms with Crippen LogP contribution in [-0.2, 0) is 0 Å². The lowest BCUT2D eigenvalue weighted by Crippen LogP contribution is -2.28. The number of alkyl halides is 1. The Bertz CT molecular complexity index is 439. The average Bonchev–Trinajstić information content (AvgIpc) is 2.80. The number of benzene rings is 1. The first-order chi connectivity index (χ1) is 8.11. The minimum Gasteiger partial charge on any atom is -0.338 e. The van der Waals surface area contributed by atoms with Crippen molar-refractivity contribution in [3.8, 4) is 0 Å². The van der Waals surface area contributed by atoms with E-state index in [1.807, 2.05) is 0 Å². The molecule has 0 radical (unpaired) electrons. The van der Waals surface area contributed by atoms with E-state index in [2.05, 4.69) is 31.9 Å². The number of carbonyl (C=O) groups excluding carboxylic acids is 1. The minimum absolute atomic E-state index is 0.0835. The molecule has 17 heavy (non-hydrogen) atoms. The molecule has 1 saturated heterocycles. The second-order valence-corrected chi connectivity index (χ2v) is 5.69. The first kappa shape index (κ1) is 13.0. The van der Waals surface area contributed by atoms with Crippen LogP contribution >= 0.6 is 31.9 Å². The first-order valence-electron chi connectivity index (χ1n) is 5.42. The van der Waals surface area contributed by atoms with E-state index in [4.69, 9.17) is 0 Å². The molecule has 0 aromatic heterocycles. The molecule has 1 aromatic carbocycles. The van der Waals surface area contributed by atoms with Gasteiger partial charge in [-0.1, -0.05) is 15.9 Å². The van der Waals surface area contributed by atoms with E-state index in [0.29, 0.717) is 16.0 Å². The van der Waals surface area contributed by atoms with Gasteiger partial charge in [0, 0.05) is 24.0 Å². The van der Waals surface area contributed by atoms with Crippen molar-refractivity contribution in [2.45, 2.75) is 6.42 Å². The van der Waals surface area contributed by atoms with Crippen molar-refractivity contribution in [3.63, 3.8) is 0 Å². The molecule has 1 heterocycles. The smallest absolute Gasteiger partial charge is 0.253 e. The summed E-state index contributed by atoms with van der Waals surface area (Å²) < 4.78 is 13.7. The molecule has 92 valence electrons. The average molecular weight is 365 g/mol. The number of hydrogen-bond donors (Lipinski definition) is 0. The van der Waals surface area contributed by atoms with Gasteiger partial charge < -0.3 is 4.90 Å². The van der Waals surface area contributed by atoms with Crippen LogP contribution in [0.1, 0.15) is 16.8 Å². The van der Waals surface area contributed by atoms with Crippen molar-refractivity contribution in [2.75, 3.05) is 18.4 Å². The summed E-state index contributed by atoms with van der Waals surface area (Å²) in [5.74, 6) is 0.0335. The largest absolute Gasteiger partial charge is 0.338 e. The Balaban J connectivity index is 2.12. The van der Waals surface area contributed by atoms with Gasteiger partial charge in [0.1, 0.15) is 5.82 Å². The molecule has 1 amide bonds.